The molecule has 1 aromatic carbocycles. The second-order valence-corrected chi connectivity index (χ2v) is 6.83. The van der Waals surface area contributed by atoms with E-state index < -0.39 is 0 Å². The van der Waals surface area contributed by atoms with E-state index in [9.17, 15) is 4.79 Å². The molecule has 2 fully saturated rings. The Kier molecular flexibility index (Phi) is 4.00. The predicted octanol–water partition coefficient (Wildman–Crippen LogP) is 2.82. The minimum Gasteiger partial charge on any atom is -0.303 e. The first-order valence-corrected chi connectivity index (χ1v) is 8.68. The van der Waals surface area contributed by atoms with Crippen molar-refractivity contribution in [2.45, 2.75) is 31.6 Å². The molecule has 1 aliphatic heterocycles. The zero-order valence-electron chi connectivity index (χ0n) is 13.4. The molecule has 0 bridgehead atoms. The molecule has 1 aromatic heterocycles. The highest BCUT2D eigenvalue weighted by atomic mass is 16.1. The fourth-order valence-electron chi connectivity index (χ4n) is 3.75. The Morgan fingerprint density at radius 2 is 1.83 bits per heavy atom. The lowest BCUT2D eigenvalue weighted by atomic mass is 10.1. The molecule has 2 atom stereocenters. The lowest BCUT2D eigenvalue weighted by molar-refractivity contribution is 0.219. The fourth-order valence-corrected chi connectivity index (χ4v) is 3.75. The summed E-state index contributed by atoms with van der Waals surface area (Å²) in [6.07, 6.45) is 7.08. The molecular formula is C19H23N3O. The molecule has 4 rings (SSSR count). The van der Waals surface area contributed by atoms with E-state index in [1.807, 2.05) is 12.1 Å². The molecule has 2 heterocycles. The van der Waals surface area contributed by atoms with Crippen molar-refractivity contribution in [3.8, 4) is 5.69 Å². The number of hydrogen-bond donors (Lipinski definition) is 0. The summed E-state index contributed by atoms with van der Waals surface area (Å²) in [4.78, 5) is 14.5. The Morgan fingerprint density at radius 1 is 1.04 bits per heavy atom. The quantitative estimate of drug-likeness (QED) is 0.871. The Labute approximate surface area is 136 Å². The van der Waals surface area contributed by atoms with Crippen LogP contribution in [0.2, 0.25) is 0 Å². The van der Waals surface area contributed by atoms with Gasteiger partial charge in [-0.15, -0.1) is 0 Å². The van der Waals surface area contributed by atoms with Crippen LogP contribution < -0.4 is 5.56 Å². The van der Waals surface area contributed by atoms with E-state index >= 15 is 0 Å². The maximum absolute atomic E-state index is 11.8. The largest absolute Gasteiger partial charge is 0.303 e. The summed E-state index contributed by atoms with van der Waals surface area (Å²) in [5.41, 5.74) is 2.15. The van der Waals surface area contributed by atoms with Gasteiger partial charge >= 0.3 is 0 Å². The molecule has 0 N–H and O–H groups in total. The van der Waals surface area contributed by atoms with Crippen molar-refractivity contribution in [3.05, 3.63) is 58.5 Å². The van der Waals surface area contributed by atoms with Crippen molar-refractivity contribution in [1.29, 1.82) is 0 Å². The molecule has 0 spiro atoms. The molecule has 1 aliphatic carbocycles. The average molecular weight is 309 g/mol. The van der Waals surface area contributed by atoms with E-state index in [0.717, 1.165) is 11.6 Å². The van der Waals surface area contributed by atoms with Gasteiger partial charge in [0.2, 0.25) is 0 Å². The standard InChI is InChI=1S/C19H23N3O/c23-19-5-4-10-20-22(19)17-8-6-15(7-9-17)18-13-16(18)14-21-11-2-1-3-12-21/h4-10,16,18H,1-3,11-14H2/t16?,18-/m0/s1. The zero-order chi connectivity index (χ0) is 15.6. The van der Waals surface area contributed by atoms with Gasteiger partial charge in [-0.25, -0.2) is 0 Å². The first-order chi connectivity index (χ1) is 11.3. The number of piperidine rings is 1. The van der Waals surface area contributed by atoms with E-state index in [1.54, 1.807) is 12.3 Å². The minimum atomic E-state index is -0.0883. The molecule has 120 valence electrons. The highest BCUT2D eigenvalue weighted by molar-refractivity contribution is 5.37. The Hall–Kier alpha value is -1.94. The van der Waals surface area contributed by atoms with Crippen LogP contribution in [0.3, 0.4) is 0 Å². The van der Waals surface area contributed by atoms with Gasteiger partial charge in [0.05, 0.1) is 5.69 Å². The number of aromatic nitrogens is 2. The third-order valence-electron chi connectivity index (χ3n) is 5.15. The van der Waals surface area contributed by atoms with Crippen LogP contribution >= 0.6 is 0 Å². The Bertz CT molecular complexity index is 716. The maximum atomic E-state index is 11.8. The van der Waals surface area contributed by atoms with E-state index in [1.165, 1.54) is 61.6 Å². The van der Waals surface area contributed by atoms with Crippen LogP contribution in [0.5, 0.6) is 0 Å². The Balaban J connectivity index is 1.41. The van der Waals surface area contributed by atoms with Gasteiger partial charge in [0.25, 0.3) is 5.56 Å². The van der Waals surface area contributed by atoms with Gasteiger partial charge in [-0.1, -0.05) is 18.6 Å². The van der Waals surface area contributed by atoms with Gasteiger partial charge in [-0.3, -0.25) is 4.79 Å². The fraction of sp³-hybridized carbons (Fsp3) is 0.474. The van der Waals surface area contributed by atoms with Crippen LogP contribution in [0.4, 0.5) is 0 Å². The predicted molar refractivity (Wildman–Crippen MR) is 91.0 cm³/mol. The maximum Gasteiger partial charge on any atom is 0.271 e. The topological polar surface area (TPSA) is 38.1 Å². The van der Waals surface area contributed by atoms with Crippen molar-refractivity contribution in [2.24, 2.45) is 5.92 Å². The number of nitrogens with zero attached hydrogens (tertiary/aromatic N) is 3. The molecule has 4 nitrogen and oxygen atoms in total. The molecule has 1 saturated carbocycles. The monoisotopic (exact) mass is 309 g/mol. The smallest absolute Gasteiger partial charge is 0.271 e. The SMILES string of the molecule is O=c1cccnn1-c1ccc([C@@H]2CC2CN2CCCCC2)cc1. The molecule has 2 aromatic rings. The van der Waals surface area contributed by atoms with Crippen LogP contribution in [0.15, 0.2) is 47.4 Å². The van der Waals surface area contributed by atoms with Gasteiger partial charge in [-0.05, 0) is 68.0 Å². The van der Waals surface area contributed by atoms with Crippen LogP contribution in [0.25, 0.3) is 5.69 Å². The molecule has 1 unspecified atom stereocenters. The summed E-state index contributed by atoms with van der Waals surface area (Å²) < 4.78 is 1.45. The van der Waals surface area contributed by atoms with E-state index in [2.05, 4.69) is 22.1 Å². The van der Waals surface area contributed by atoms with Gasteiger partial charge in [0.15, 0.2) is 0 Å². The second kappa shape index (κ2) is 6.28. The van der Waals surface area contributed by atoms with Crippen molar-refractivity contribution in [2.75, 3.05) is 19.6 Å². The number of rotatable bonds is 4. The molecule has 0 amide bonds. The van der Waals surface area contributed by atoms with Gasteiger partial charge in [0, 0.05) is 18.8 Å². The molecular weight excluding hydrogens is 286 g/mol. The van der Waals surface area contributed by atoms with Gasteiger partial charge < -0.3 is 4.90 Å². The van der Waals surface area contributed by atoms with E-state index in [4.69, 9.17) is 0 Å². The lowest BCUT2D eigenvalue weighted by Crippen LogP contribution is -2.31. The number of hydrogen-bond acceptors (Lipinski definition) is 3. The van der Waals surface area contributed by atoms with Crippen LogP contribution in [0.1, 0.15) is 37.2 Å². The van der Waals surface area contributed by atoms with Crippen LogP contribution in [-0.2, 0) is 0 Å². The second-order valence-electron chi connectivity index (χ2n) is 6.83. The highest BCUT2D eigenvalue weighted by Gasteiger charge is 2.39. The number of likely N-dealkylation sites (tertiary alicyclic amines) is 1. The molecule has 23 heavy (non-hydrogen) atoms. The van der Waals surface area contributed by atoms with Gasteiger partial charge in [-0.2, -0.15) is 9.78 Å². The zero-order valence-corrected chi connectivity index (χ0v) is 13.4. The summed E-state index contributed by atoms with van der Waals surface area (Å²) in [7, 11) is 0. The molecule has 1 saturated heterocycles. The number of benzene rings is 1. The van der Waals surface area contributed by atoms with Crippen molar-refractivity contribution < 1.29 is 0 Å². The summed E-state index contributed by atoms with van der Waals surface area (Å²) in [5, 5.41) is 4.13. The average Bonchev–Trinajstić information content (AvgIpc) is 3.36. The Morgan fingerprint density at radius 3 is 2.57 bits per heavy atom. The lowest BCUT2D eigenvalue weighted by Gasteiger charge is -2.26. The molecule has 4 heteroatoms. The van der Waals surface area contributed by atoms with Crippen molar-refractivity contribution >= 4 is 0 Å². The summed E-state index contributed by atoms with van der Waals surface area (Å²) in [5.74, 6) is 1.52. The first kappa shape index (κ1) is 14.6. The molecule has 2 aliphatic rings. The van der Waals surface area contributed by atoms with Crippen LogP contribution in [-0.4, -0.2) is 34.3 Å². The third-order valence-corrected chi connectivity index (χ3v) is 5.15. The first-order valence-electron chi connectivity index (χ1n) is 8.68. The summed E-state index contributed by atoms with van der Waals surface area (Å²) in [6, 6.07) is 11.6. The van der Waals surface area contributed by atoms with Crippen molar-refractivity contribution in [3.63, 3.8) is 0 Å². The third kappa shape index (κ3) is 3.22. The summed E-state index contributed by atoms with van der Waals surface area (Å²) >= 11 is 0. The van der Waals surface area contributed by atoms with Gasteiger partial charge in [0.1, 0.15) is 0 Å². The van der Waals surface area contributed by atoms with Crippen LogP contribution in [0, 0.1) is 5.92 Å². The minimum absolute atomic E-state index is 0.0883. The van der Waals surface area contributed by atoms with Crippen molar-refractivity contribution in [1.82, 2.24) is 14.7 Å². The van der Waals surface area contributed by atoms with E-state index in [-0.39, 0.29) is 5.56 Å². The van der Waals surface area contributed by atoms with E-state index in [0.29, 0.717) is 5.92 Å². The normalized spacial score (nSPS) is 24.5. The highest BCUT2D eigenvalue weighted by Crippen LogP contribution is 2.48. The summed E-state index contributed by atoms with van der Waals surface area (Å²) in [6.45, 7) is 3.82. The molecule has 0 radical (unpaired) electrons.